The van der Waals surface area contributed by atoms with Crippen LogP contribution in [0.5, 0.6) is 0 Å². The molecule has 0 radical (unpaired) electrons. The number of nitrogens with one attached hydrogen (secondary N) is 2. The molecule has 1 rings (SSSR count). The maximum absolute atomic E-state index is 12.2. The quantitative estimate of drug-likeness (QED) is 0.395. The number of hydrogen-bond acceptors (Lipinski definition) is 1. The molecule has 1 aromatic rings. The third kappa shape index (κ3) is 8.73. The normalized spacial score (nSPS) is 12.0. The summed E-state index contributed by atoms with van der Waals surface area (Å²) in [5.41, 5.74) is 1.08. The molecule has 0 fully saturated rings. The minimum atomic E-state index is -2.40. The second kappa shape index (κ2) is 10.2. The van der Waals surface area contributed by atoms with E-state index in [4.69, 9.17) is 11.6 Å². The third-order valence-corrected chi connectivity index (χ3v) is 3.19. The lowest BCUT2D eigenvalue weighted by Crippen LogP contribution is -2.44. The van der Waals surface area contributed by atoms with E-state index in [0.29, 0.717) is 17.5 Å². The smallest absolute Gasteiger partial charge is 0.255 e. The highest BCUT2D eigenvalue weighted by Gasteiger charge is 2.19. The van der Waals surface area contributed by atoms with Crippen LogP contribution >= 0.6 is 35.6 Å². The summed E-state index contributed by atoms with van der Waals surface area (Å²) in [6.07, 6.45) is -1.57. The van der Waals surface area contributed by atoms with Gasteiger partial charge in [-0.05, 0) is 29.5 Å². The Labute approximate surface area is 152 Å². The van der Waals surface area contributed by atoms with E-state index in [1.54, 1.807) is 7.05 Å². The largest absolute Gasteiger partial charge is 0.356 e. The van der Waals surface area contributed by atoms with Crippen molar-refractivity contribution in [3.05, 3.63) is 34.9 Å². The van der Waals surface area contributed by atoms with Crippen LogP contribution < -0.4 is 10.6 Å². The van der Waals surface area contributed by atoms with Gasteiger partial charge in [-0.3, -0.25) is 4.99 Å². The van der Waals surface area contributed by atoms with E-state index in [9.17, 15) is 8.78 Å². The first-order valence-corrected chi connectivity index (χ1v) is 7.17. The summed E-state index contributed by atoms with van der Waals surface area (Å²) in [4.78, 5) is 3.92. The van der Waals surface area contributed by atoms with Crippen LogP contribution in [0.1, 0.15) is 19.4 Å². The number of hydrogen-bond donors (Lipinski definition) is 2. The van der Waals surface area contributed by atoms with Gasteiger partial charge in [0.2, 0.25) is 0 Å². The topological polar surface area (TPSA) is 36.4 Å². The van der Waals surface area contributed by atoms with Crippen LogP contribution in [-0.4, -0.2) is 32.5 Å². The molecule has 1 aromatic carbocycles. The molecule has 0 aliphatic carbocycles. The lowest BCUT2D eigenvalue weighted by atomic mass is 9.86. The fraction of sp³-hybridized carbons (Fsp3) is 0.533. The maximum atomic E-state index is 12.2. The number of guanidine groups is 1. The summed E-state index contributed by atoms with van der Waals surface area (Å²) in [5.74, 6) is 0.384. The van der Waals surface area contributed by atoms with Crippen LogP contribution in [-0.2, 0) is 6.42 Å². The van der Waals surface area contributed by atoms with Crippen molar-refractivity contribution in [2.45, 2.75) is 26.7 Å². The van der Waals surface area contributed by atoms with Crippen molar-refractivity contribution in [3.8, 4) is 0 Å². The lowest BCUT2D eigenvalue weighted by molar-refractivity contribution is 0.152. The molecule has 22 heavy (non-hydrogen) atoms. The molecule has 0 amide bonds. The van der Waals surface area contributed by atoms with Gasteiger partial charge in [0.1, 0.15) is 0 Å². The SMILES string of the molecule is CN=C(NCC(F)F)NCC(C)(C)Cc1cccc(Cl)c1.I. The van der Waals surface area contributed by atoms with Crippen molar-refractivity contribution < 1.29 is 8.78 Å². The Hall–Kier alpha value is -0.630. The Morgan fingerprint density at radius 1 is 1.32 bits per heavy atom. The standard InChI is InChI=1S/C15H22ClF2N3.HI/c1-15(2,8-11-5-4-6-12(16)7-11)10-21-14(19-3)20-9-13(17)18;/h4-7,13H,8-10H2,1-3H3,(H2,19,20,21);1H. The Morgan fingerprint density at radius 2 is 2.00 bits per heavy atom. The van der Waals surface area contributed by atoms with Gasteiger partial charge < -0.3 is 10.6 Å². The minimum absolute atomic E-state index is 0. The van der Waals surface area contributed by atoms with Crippen LogP contribution in [0.4, 0.5) is 8.78 Å². The molecule has 0 aliphatic heterocycles. The van der Waals surface area contributed by atoms with Gasteiger partial charge in [-0.25, -0.2) is 8.78 Å². The number of nitrogens with zero attached hydrogens (tertiary/aromatic N) is 1. The highest BCUT2D eigenvalue weighted by molar-refractivity contribution is 14.0. The molecular weight excluding hydrogens is 423 g/mol. The fourth-order valence-corrected chi connectivity index (χ4v) is 2.19. The Bertz CT molecular complexity index is 482. The first-order chi connectivity index (χ1) is 9.82. The summed E-state index contributed by atoms with van der Waals surface area (Å²) < 4.78 is 24.3. The Kier molecular flexibility index (Phi) is 9.91. The summed E-state index contributed by atoms with van der Waals surface area (Å²) in [5, 5.41) is 6.37. The zero-order valence-corrected chi connectivity index (χ0v) is 16.1. The average molecular weight is 446 g/mol. The monoisotopic (exact) mass is 445 g/mol. The van der Waals surface area contributed by atoms with E-state index in [2.05, 4.69) is 29.5 Å². The Morgan fingerprint density at radius 3 is 2.55 bits per heavy atom. The predicted molar refractivity (Wildman–Crippen MR) is 99.7 cm³/mol. The summed E-state index contributed by atoms with van der Waals surface area (Å²) in [7, 11) is 1.56. The van der Waals surface area contributed by atoms with Crippen LogP contribution in [0.3, 0.4) is 0 Å². The maximum Gasteiger partial charge on any atom is 0.255 e. The van der Waals surface area contributed by atoms with Crippen LogP contribution in [0.15, 0.2) is 29.3 Å². The van der Waals surface area contributed by atoms with Gasteiger partial charge in [0.25, 0.3) is 6.43 Å². The molecule has 0 atom stereocenters. The van der Waals surface area contributed by atoms with Gasteiger partial charge in [-0.1, -0.05) is 37.6 Å². The molecule has 0 heterocycles. The second-order valence-corrected chi connectivity index (χ2v) is 6.11. The van der Waals surface area contributed by atoms with E-state index in [-0.39, 0.29) is 29.4 Å². The van der Waals surface area contributed by atoms with Crippen LogP contribution in [0.25, 0.3) is 0 Å². The average Bonchev–Trinajstić information content (AvgIpc) is 2.38. The number of halogens is 4. The molecule has 0 aliphatic rings. The molecule has 7 heteroatoms. The van der Waals surface area contributed by atoms with Gasteiger partial charge >= 0.3 is 0 Å². The molecular formula is C15H23ClF2IN3. The number of benzene rings is 1. The van der Waals surface area contributed by atoms with Crippen LogP contribution in [0.2, 0.25) is 5.02 Å². The third-order valence-electron chi connectivity index (χ3n) is 2.95. The first kappa shape index (κ1) is 21.4. The summed E-state index contributed by atoms with van der Waals surface area (Å²) in [6.45, 7) is 4.40. The molecule has 0 saturated carbocycles. The van der Waals surface area contributed by atoms with Crippen molar-refractivity contribution in [2.75, 3.05) is 20.1 Å². The highest BCUT2D eigenvalue weighted by atomic mass is 127. The van der Waals surface area contributed by atoms with Crippen molar-refractivity contribution in [2.24, 2.45) is 10.4 Å². The van der Waals surface area contributed by atoms with Crippen molar-refractivity contribution in [1.29, 1.82) is 0 Å². The molecule has 0 bridgehead atoms. The highest BCUT2D eigenvalue weighted by Crippen LogP contribution is 2.22. The second-order valence-electron chi connectivity index (χ2n) is 5.67. The van der Waals surface area contributed by atoms with Gasteiger partial charge in [0.05, 0.1) is 6.54 Å². The first-order valence-electron chi connectivity index (χ1n) is 6.79. The molecule has 2 N–H and O–H groups in total. The van der Waals surface area contributed by atoms with Crippen molar-refractivity contribution in [1.82, 2.24) is 10.6 Å². The number of alkyl halides is 2. The molecule has 0 aromatic heterocycles. The molecule has 126 valence electrons. The number of rotatable bonds is 6. The van der Waals surface area contributed by atoms with E-state index in [1.165, 1.54) is 0 Å². The van der Waals surface area contributed by atoms with E-state index < -0.39 is 13.0 Å². The minimum Gasteiger partial charge on any atom is -0.356 e. The molecule has 3 nitrogen and oxygen atoms in total. The fourth-order valence-electron chi connectivity index (χ4n) is 1.98. The Balaban J connectivity index is 0.00000441. The van der Waals surface area contributed by atoms with Crippen molar-refractivity contribution in [3.63, 3.8) is 0 Å². The van der Waals surface area contributed by atoms with Gasteiger partial charge in [0, 0.05) is 18.6 Å². The van der Waals surface area contributed by atoms with Gasteiger partial charge in [-0.15, -0.1) is 24.0 Å². The van der Waals surface area contributed by atoms with E-state index >= 15 is 0 Å². The van der Waals surface area contributed by atoms with E-state index in [0.717, 1.165) is 12.0 Å². The molecule has 0 spiro atoms. The zero-order valence-electron chi connectivity index (χ0n) is 13.0. The number of aliphatic imine (C=N–C) groups is 1. The van der Waals surface area contributed by atoms with Gasteiger partial charge in [0.15, 0.2) is 5.96 Å². The predicted octanol–water partition coefficient (Wildman–Crippen LogP) is 3.96. The summed E-state index contributed by atoms with van der Waals surface area (Å²) in [6, 6.07) is 7.72. The lowest BCUT2D eigenvalue weighted by Gasteiger charge is -2.26. The van der Waals surface area contributed by atoms with Crippen LogP contribution in [0, 0.1) is 5.41 Å². The molecule has 0 saturated heterocycles. The zero-order chi connectivity index (χ0) is 15.9. The van der Waals surface area contributed by atoms with Crippen molar-refractivity contribution >= 4 is 41.5 Å². The summed E-state index contributed by atoms with van der Waals surface area (Å²) >= 11 is 5.98. The van der Waals surface area contributed by atoms with Gasteiger partial charge in [-0.2, -0.15) is 0 Å². The molecule has 0 unspecified atom stereocenters. The van der Waals surface area contributed by atoms with E-state index in [1.807, 2.05) is 24.3 Å².